The normalized spacial score (nSPS) is 21.9. The van der Waals surface area contributed by atoms with Gasteiger partial charge in [0.15, 0.2) is 5.96 Å². The monoisotopic (exact) mass is 441 g/mol. The van der Waals surface area contributed by atoms with E-state index in [-0.39, 0.29) is 24.0 Å². The molecule has 23 heavy (non-hydrogen) atoms. The first kappa shape index (κ1) is 22.9. The van der Waals surface area contributed by atoms with Crippen LogP contribution in [0.4, 0.5) is 0 Å². The van der Waals surface area contributed by atoms with Gasteiger partial charge in [-0.05, 0) is 31.6 Å². The summed E-state index contributed by atoms with van der Waals surface area (Å²) in [6.45, 7) is 12.6. The summed E-state index contributed by atoms with van der Waals surface area (Å²) in [5.41, 5.74) is 0.429. The zero-order valence-electron chi connectivity index (χ0n) is 15.4. The Balaban J connectivity index is 0.00000484. The Bertz CT molecular complexity index is 325. The largest absolute Gasteiger partial charge is 0.382 e. The molecule has 0 aliphatic carbocycles. The summed E-state index contributed by atoms with van der Waals surface area (Å²) in [6.07, 6.45) is 5.14. The zero-order valence-corrected chi connectivity index (χ0v) is 17.7. The molecule has 0 aromatic carbocycles. The quantitative estimate of drug-likeness (QED) is 0.259. The van der Waals surface area contributed by atoms with Gasteiger partial charge in [-0.15, -0.1) is 24.0 Å². The van der Waals surface area contributed by atoms with E-state index in [4.69, 9.17) is 14.5 Å². The molecule has 0 bridgehead atoms. The summed E-state index contributed by atoms with van der Waals surface area (Å²) < 4.78 is 10.5. The molecule has 0 aromatic rings. The fraction of sp³-hybridized carbons (Fsp3) is 0.941. The molecule has 1 rings (SSSR count). The standard InChI is InChI=1S/C17H35N3O2.HI/c1-5-8-17(3)9-7-11-20(15-17)16(18-6-2)19-10-12-22-14-13-21-4;/h5-15H2,1-4H3,(H,18,19);1H. The van der Waals surface area contributed by atoms with E-state index < -0.39 is 0 Å². The molecule has 0 aromatic heterocycles. The zero-order chi connectivity index (χ0) is 16.3. The van der Waals surface area contributed by atoms with E-state index in [2.05, 4.69) is 31.0 Å². The van der Waals surface area contributed by atoms with E-state index in [1.807, 2.05) is 0 Å². The van der Waals surface area contributed by atoms with Gasteiger partial charge in [0.1, 0.15) is 0 Å². The second-order valence-electron chi connectivity index (χ2n) is 6.43. The molecular weight excluding hydrogens is 405 g/mol. The summed E-state index contributed by atoms with van der Waals surface area (Å²) in [6, 6.07) is 0. The maximum absolute atomic E-state index is 5.49. The summed E-state index contributed by atoms with van der Waals surface area (Å²) in [5.74, 6) is 1.04. The first-order chi connectivity index (χ1) is 10.6. The van der Waals surface area contributed by atoms with E-state index in [0.29, 0.717) is 31.8 Å². The Kier molecular flexibility index (Phi) is 13.2. The number of hydrogen-bond donors (Lipinski definition) is 1. The van der Waals surface area contributed by atoms with Crippen LogP contribution in [-0.4, -0.2) is 64.0 Å². The Labute approximate surface area is 159 Å². The molecule has 1 fully saturated rings. The Morgan fingerprint density at radius 1 is 1.26 bits per heavy atom. The van der Waals surface area contributed by atoms with Crippen LogP contribution in [0.25, 0.3) is 0 Å². The molecule has 1 unspecified atom stereocenters. The Morgan fingerprint density at radius 2 is 2.04 bits per heavy atom. The van der Waals surface area contributed by atoms with Gasteiger partial charge in [0.25, 0.3) is 0 Å². The maximum atomic E-state index is 5.49. The van der Waals surface area contributed by atoms with Crippen molar-refractivity contribution in [3.63, 3.8) is 0 Å². The fourth-order valence-electron chi connectivity index (χ4n) is 3.19. The van der Waals surface area contributed by atoms with Gasteiger partial charge in [-0.2, -0.15) is 0 Å². The molecule has 1 aliphatic rings. The van der Waals surface area contributed by atoms with Crippen LogP contribution in [0, 0.1) is 5.41 Å². The summed E-state index contributed by atoms with van der Waals surface area (Å²) >= 11 is 0. The van der Waals surface area contributed by atoms with Crippen LogP contribution in [0.3, 0.4) is 0 Å². The van der Waals surface area contributed by atoms with Crippen LogP contribution in [0.2, 0.25) is 0 Å². The SMILES string of the molecule is CCCC1(C)CCCN(C(=NCCOCCOC)NCC)C1.I. The van der Waals surface area contributed by atoms with Crippen molar-refractivity contribution in [1.82, 2.24) is 10.2 Å². The molecule has 0 radical (unpaired) electrons. The number of ether oxygens (including phenoxy) is 2. The first-order valence-electron chi connectivity index (χ1n) is 8.75. The molecule has 1 N–H and O–H groups in total. The Hall–Kier alpha value is -0.0800. The lowest BCUT2D eigenvalue weighted by molar-refractivity contribution is 0.0746. The van der Waals surface area contributed by atoms with Crippen LogP contribution < -0.4 is 5.32 Å². The highest BCUT2D eigenvalue weighted by Gasteiger charge is 2.31. The van der Waals surface area contributed by atoms with Crippen molar-refractivity contribution in [1.29, 1.82) is 0 Å². The molecule has 0 saturated carbocycles. The number of nitrogens with zero attached hydrogens (tertiary/aromatic N) is 2. The fourth-order valence-corrected chi connectivity index (χ4v) is 3.19. The van der Waals surface area contributed by atoms with Gasteiger partial charge in [-0.25, -0.2) is 0 Å². The van der Waals surface area contributed by atoms with Crippen molar-refractivity contribution in [3.05, 3.63) is 0 Å². The van der Waals surface area contributed by atoms with Crippen molar-refractivity contribution in [2.45, 2.75) is 46.5 Å². The van der Waals surface area contributed by atoms with E-state index in [0.717, 1.165) is 25.6 Å². The summed E-state index contributed by atoms with van der Waals surface area (Å²) in [5, 5.41) is 3.43. The smallest absolute Gasteiger partial charge is 0.194 e. The minimum atomic E-state index is 0. The van der Waals surface area contributed by atoms with Crippen LogP contribution in [0.1, 0.15) is 46.5 Å². The maximum Gasteiger partial charge on any atom is 0.194 e. The van der Waals surface area contributed by atoms with E-state index in [1.165, 1.54) is 25.7 Å². The van der Waals surface area contributed by atoms with Crippen LogP contribution in [0.5, 0.6) is 0 Å². The number of guanidine groups is 1. The number of rotatable bonds is 9. The van der Waals surface area contributed by atoms with Crippen molar-refractivity contribution < 1.29 is 9.47 Å². The molecule has 1 aliphatic heterocycles. The molecule has 0 amide bonds. The lowest BCUT2D eigenvalue weighted by Crippen LogP contribution is -2.50. The topological polar surface area (TPSA) is 46.1 Å². The highest BCUT2D eigenvalue weighted by atomic mass is 127. The lowest BCUT2D eigenvalue weighted by atomic mass is 9.78. The number of likely N-dealkylation sites (tertiary alicyclic amines) is 1. The number of hydrogen-bond acceptors (Lipinski definition) is 3. The lowest BCUT2D eigenvalue weighted by Gasteiger charge is -2.42. The summed E-state index contributed by atoms with van der Waals surface area (Å²) in [7, 11) is 1.69. The molecular formula is C17H36IN3O2. The van der Waals surface area contributed by atoms with Gasteiger partial charge in [0.2, 0.25) is 0 Å². The molecule has 1 saturated heterocycles. The average molecular weight is 441 g/mol. The van der Waals surface area contributed by atoms with Crippen LogP contribution in [0.15, 0.2) is 4.99 Å². The van der Waals surface area contributed by atoms with Gasteiger partial charge in [-0.3, -0.25) is 4.99 Å². The second-order valence-corrected chi connectivity index (χ2v) is 6.43. The first-order valence-corrected chi connectivity index (χ1v) is 8.75. The van der Waals surface area contributed by atoms with E-state index >= 15 is 0 Å². The third kappa shape index (κ3) is 9.10. The molecule has 0 spiro atoms. The third-order valence-electron chi connectivity index (χ3n) is 4.20. The van der Waals surface area contributed by atoms with Gasteiger partial charge in [-0.1, -0.05) is 20.3 Å². The molecule has 138 valence electrons. The van der Waals surface area contributed by atoms with Crippen molar-refractivity contribution in [2.24, 2.45) is 10.4 Å². The number of methoxy groups -OCH3 is 1. The molecule has 1 atom stereocenters. The summed E-state index contributed by atoms with van der Waals surface area (Å²) in [4.78, 5) is 7.15. The molecule has 5 nitrogen and oxygen atoms in total. The highest BCUT2D eigenvalue weighted by Crippen LogP contribution is 2.33. The number of aliphatic imine (C=N–C) groups is 1. The minimum Gasteiger partial charge on any atom is -0.382 e. The van der Waals surface area contributed by atoms with Crippen LogP contribution >= 0.6 is 24.0 Å². The predicted molar refractivity (Wildman–Crippen MR) is 108 cm³/mol. The van der Waals surface area contributed by atoms with Gasteiger partial charge >= 0.3 is 0 Å². The highest BCUT2D eigenvalue weighted by molar-refractivity contribution is 14.0. The van der Waals surface area contributed by atoms with Gasteiger partial charge in [0, 0.05) is 26.7 Å². The Morgan fingerprint density at radius 3 is 2.70 bits per heavy atom. The van der Waals surface area contributed by atoms with Crippen LogP contribution in [-0.2, 0) is 9.47 Å². The number of nitrogens with one attached hydrogen (secondary N) is 1. The van der Waals surface area contributed by atoms with Gasteiger partial charge < -0.3 is 19.7 Å². The average Bonchev–Trinajstić information content (AvgIpc) is 2.49. The van der Waals surface area contributed by atoms with Crippen molar-refractivity contribution >= 4 is 29.9 Å². The minimum absolute atomic E-state index is 0. The molecule has 1 heterocycles. The third-order valence-corrected chi connectivity index (χ3v) is 4.20. The second kappa shape index (κ2) is 13.2. The predicted octanol–water partition coefficient (Wildman–Crippen LogP) is 3.14. The van der Waals surface area contributed by atoms with E-state index in [9.17, 15) is 0 Å². The van der Waals surface area contributed by atoms with Crippen molar-refractivity contribution in [3.8, 4) is 0 Å². The molecule has 6 heteroatoms. The van der Waals surface area contributed by atoms with Gasteiger partial charge in [0.05, 0.1) is 26.4 Å². The van der Waals surface area contributed by atoms with E-state index in [1.54, 1.807) is 7.11 Å². The van der Waals surface area contributed by atoms with Crippen molar-refractivity contribution in [2.75, 3.05) is 53.1 Å². The number of piperidine rings is 1. The number of halogens is 1.